The minimum Gasteiger partial charge on any atom is -0.479 e. The van der Waals surface area contributed by atoms with Crippen LogP contribution in [-0.2, 0) is 14.3 Å². The number of carbonyl (C=O) groups excluding carboxylic acids is 1. The van der Waals surface area contributed by atoms with E-state index in [4.69, 9.17) is 32.7 Å². The fourth-order valence-electron chi connectivity index (χ4n) is 3.81. The lowest BCUT2D eigenvalue weighted by Gasteiger charge is -2.24. The highest BCUT2D eigenvalue weighted by molar-refractivity contribution is 8.22. The minimum atomic E-state index is -0.395. The Morgan fingerprint density at radius 1 is 0.778 bits per heavy atom. The summed E-state index contributed by atoms with van der Waals surface area (Å²) in [7, 11) is 0. The van der Waals surface area contributed by atoms with Crippen molar-refractivity contribution in [3.63, 3.8) is 0 Å². The van der Waals surface area contributed by atoms with Gasteiger partial charge in [0, 0.05) is 21.2 Å². The van der Waals surface area contributed by atoms with Crippen molar-refractivity contribution in [1.29, 1.82) is 0 Å². The molecule has 0 aromatic heterocycles. The zero-order valence-electron chi connectivity index (χ0n) is 19.8. The number of ether oxygens (including phenoxy) is 2. The van der Waals surface area contributed by atoms with Crippen LogP contribution in [0.4, 0.5) is 0 Å². The van der Waals surface area contributed by atoms with E-state index in [9.17, 15) is 4.79 Å². The molecule has 7 heteroatoms. The molecule has 1 saturated heterocycles. The third kappa shape index (κ3) is 6.92. The smallest absolute Gasteiger partial charge is 0.344 e. The number of esters is 1. The van der Waals surface area contributed by atoms with Crippen LogP contribution < -0.4 is 0 Å². The molecule has 0 bridgehead atoms. The van der Waals surface area contributed by atoms with E-state index in [0.717, 1.165) is 50.0 Å². The molecule has 0 spiro atoms. The molecule has 0 N–H and O–H groups in total. The fraction of sp³-hybridized carbons (Fsp3) is 0.207. The summed E-state index contributed by atoms with van der Waals surface area (Å²) in [5.74, 6) is 2.28. The number of halogens is 2. The van der Waals surface area contributed by atoms with Crippen LogP contribution in [0.5, 0.6) is 0 Å². The maximum Gasteiger partial charge on any atom is 0.344 e. The molecule has 186 valence electrons. The monoisotopic (exact) mass is 556 g/mol. The largest absolute Gasteiger partial charge is 0.479 e. The van der Waals surface area contributed by atoms with E-state index in [-0.39, 0.29) is 6.61 Å². The Morgan fingerprint density at radius 3 is 1.86 bits per heavy atom. The van der Waals surface area contributed by atoms with E-state index in [1.165, 1.54) is 0 Å². The predicted molar refractivity (Wildman–Crippen MR) is 154 cm³/mol. The second kappa shape index (κ2) is 13.3. The van der Waals surface area contributed by atoms with Gasteiger partial charge in [0.25, 0.3) is 0 Å². The van der Waals surface area contributed by atoms with Gasteiger partial charge in [-0.2, -0.15) is 0 Å². The topological polar surface area (TPSA) is 35.5 Å². The van der Waals surface area contributed by atoms with Gasteiger partial charge in [-0.25, -0.2) is 4.79 Å². The molecule has 1 heterocycles. The molecule has 1 aliphatic rings. The van der Waals surface area contributed by atoms with Crippen molar-refractivity contribution in [2.24, 2.45) is 0 Å². The Kier molecular flexibility index (Phi) is 9.88. The van der Waals surface area contributed by atoms with Crippen LogP contribution in [-0.4, -0.2) is 30.7 Å². The summed E-state index contributed by atoms with van der Waals surface area (Å²) >= 11 is 16.0. The summed E-state index contributed by atoms with van der Waals surface area (Å²) < 4.78 is 12.6. The molecule has 3 aromatic rings. The van der Waals surface area contributed by atoms with Gasteiger partial charge in [0.2, 0.25) is 0 Å². The van der Waals surface area contributed by atoms with Crippen molar-refractivity contribution in [3.05, 3.63) is 116 Å². The van der Waals surface area contributed by atoms with E-state index >= 15 is 0 Å². The van der Waals surface area contributed by atoms with E-state index in [0.29, 0.717) is 22.4 Å². The number of allylic oxidation sites excluding steroid dienone is 1. The number of hydrogen-bond acceptors (Lipinski definition) is 5. The van der Waals surface area contributed by atoms with Crippen LogP contribution in [0.25, 0.3) is 11.1 Å². The minimum absolute atomic E-state index is 0.168. The van der Waals surface area contributed by atoms with Crippen molar-refractivity contribution in [1.82, 2.24) is 0 Å². The highest BCUT2D eigenvalue weighted by atomic mass is 35.5. The van der Waals surface area contributed by atoms with Crippen LogP contribution >= 0.6 is 46.7 Å². The Labute approximate surface area is 230 Å². The molecule has 4 rings (SSSR count). The fourth-order valence-corrected chi connectivity index (χ4v) is 6.61. The van der Waals surface area contributed by atoms with Crippen LogP contribution in [0.2, 0.25) is 10.0 Å². The third-order valence-electron chi connectivity index (χ3n) is 5.39. The number of benzene rings is 3. The van der Waals surface area contributed by atoms with Gasteiger partial charge in [0.1, 0.15) is 5.76 Å². The van der Waals surface area contributed by atoms with Gasteiger partial charge in [-0.05, 0) is 65.8 Å². The summed E-state index contributed by atoms with van der Waals surface area (Å²) in [6.45, 7) is 1.93. The molecule has 3 nitrogen and oxygen atoms in total. The van der Waals surface area contributed by atoms with E-state index in [1.807, 2.05) is 66.7 Å². The van der Waals surface area contributed by atoms with Crippen LogP contribution in [0.1, 0.15) is 30.0 Å². The van der Waals surface area contributed by atoms with Gasteiger partial charge in [-0.1, -0.05) is 77.8 Å². The van der Waals surface area contributed by atoms with E-state index < -0.39 is 5.97 Å². The Hall–Kier alpha value is -2.31. The first kappa shape index (κ1) is 26.7. The molecule has 1 fully saturated rings. The lowest BCUT2D eigenvalue weighted by Crippen LogP contribution is -2.14. The summed E-state index contributed by atoms with van der Waals surface area (Å²) in [5.41, 5.74) is 4.80. The summed E-state index contributed by atoms with van der Waals surface area (Å²) in [4.78, 5) is 12.3. The standard InChI is InChI=1S/C29H26Cl2O3S2/c1-2-33-25(32)19-34-28(29-35-17-6-18-36-29)27(20-7-4-3-5-8-20)26(21-9-13-23(30)14-10-21)22-11-15-24(31)16-12-22/h3-5,7-16H,2,6,17-19H2,1H3. The first-order valence-electron chi connectivity index (χ1n) is 11.7. The third-order valence-corrected chi connectivity index (χ3v) is 8.48. The first-order chi connectivity index (χ1) is 17.6. The maximum atomic E-state index is 12.3. The molecule has 0 aliphatic carbocycles. The second-order valence-electron chi connectivity index (χ2n) is 7.89. The first-order valence-corrected chi connectivity index (χ1v) is 14.4. The predicted octanol–water partition coefficient (Wildman–Crippen LogP) is 8.57. The number of hydrogen-bond donors (Lipinski definition) is 0. The van der Waals surface area contributed by atoms with Crippen molar-refractivity contribution in [3.8, 4) is 0 Å². The van der Waals surface area contributed by atoms with Crippen molar-refractivity contribution < 1.29 is 14.3 Å². The molecule has 0 atom stereocenters. The normalized spacial score (nSPS) is 13.1. The van der Waals surface area contributed by atoms with Gasteiger partial charge in [0.15, 0.2) is 6.61 Å². The van der Waals surface area contributed by atoms with Crippen LogP contribution in [0.15, 0.2) is 88.9 Å². The van der Waals surface area contributed by atoms with E-state index in [1.54, 1.807) is 30.4 Å². The summed E-state index contributed by atoms with van der Waals surface area (Å²) in [6, 6.07) is 25.7. The number of thioether (sulfide) groups is 2. The zero-order valence-corrected chi connectivity index (χ0v) is 23.0. The molecule has 0 unspecified atom stereocenters. The van der Waals surface area contributed by atoms with Crippen molar-refractivity contribution in [2.75, 3.05) is 24.7 Å². The van der Waals surface area contributed by atoms with Crippen molar-refractivity contribution >= 4 is 63.8 Å². The lowest BCUT2D eigenvalue weighted by atomic mass is 9.88. The van der Waals surface area contributed by atoms with Crippen LogP contribution in [0, 0.1) is 0 Å². The van der Waals surface area contributed by atoms with E-state index in [2.05, 4.69) is 12.1 Å². The van der Waals surface area contributed by atoms with Gasteiger partial charge < -0.3 is 9.47 Å². The summed E-state index contributed by atoms with van der Waals surface area (Å²) in [5, 5.41) is 1.32. The molecular weight excluding hydrogens is 531 g/mol. The van der Waals surface area contributed by atoms with Gasteiger partial charge in [0.05, 0.1) is 10.8 Å². The Balaban J connectivity index is 2.01. The Bertz CT molecular complexity index is 1180. The molecule has 0 amide bonds. The number of rotatable bonds is 8. The molecule has 36 heavy (non-hydrogen) atoms. The molecular formula is C29H26Cl2O3S2. The van der Waals surface area contributed by atoms with Gasteiger partial charge in [-0.15, -0.1) is 23.5 Å². The number of carbonyl (C=O) groups is 1. The molecule has 1 aliphatic heterocycles. The quantitative estimate of drug-likeness (QED) is 0.158. The zero-order chi connectivity index (χ0) is 25.3. The molecule has 0 saturated carbocycles. The maximum absolute atomic E-state index is 12.3. The van der Waals surface area contributed by atoms with Gasteiger partial charge in [-0.3, -0.25) is 0 Å². The highest BCUT2D eigenvalue weighted by Gasteiger charge is 2.25. The molecule has 0 radical (unpaired) electrons. The average molecular weight is 558 g/mol. The van der Waals surface area contributed by atoms with Crippen molar-refractivity contribution in [2.45, 2.75) is 13.3 Å². The lowest BCUT2D eigenvalue weighted by molar-refractivity contribution is -0.146. The Morgan fingerprint density at radius 2 is 1.33 bits per heavy atom. The SMILES string of the molecule is CCOC(=O)COC(=C1SCCCS1)C(=C(c1ccc(Cl)cc1)c1ccc(Cl)cc1)c1ccccc1. The second-order valence-corrected chi connectivity index (χ2v) is 11.2. The summed E-state index contributed by atoms with van der Waals surface area (Å²) in [6.07, 6.45) is 1.12. The molecule has 3 aromatic carbocycles. The van der Waals surface area contributed by atoms with Crippen LogP contribution in [0.3, 0.4) is 0 Å². The highest BCUT2D eigenvalue weighted by Crippen LogP contribution is 2.45. The van der Waals surface area contributed by atoms with Gasteiger partial charge >= 0.3 is 5.97 Å². The average Bonchev–Trinajstić information content (AvgIpc) is 2.91.